The second kappa shape index (κ2) is 8.03. The molecule has 28 heavy (non-hydrogen) atoms. The highest BCUT2D eigenvalue weighted by molar-refractivity contribution is 5.92. The van der Waals surface area contributed by atoms with Crippen molar-refractivity contribution in [2.24, 2.45) is 17.8 Å². The fraction of sp³-hybridized carbons (Fsp3) is 0.292. The lowest BCUT2D eigenvalue weighted by molar-refractivity contribution is -0.148. The Morgan fingerprint density at radius 2 is 1.71 bits per heavy atom. The van der Waals surface area contributed by atoms with Crippen LogP contribution >= 0.6 is 0 Å². The number of benzene rings is 2. The summed E-state index contributed by atoms with van der Waals surface area (Å²) in [4.78, 5) is 12.9. The highest BCUT2D eigenvalue weighted by Crippen LogP contribution is 2.48. The first-order valence-corrected chi connectivity index (χ1v) is 9.71. The second-order valence-electron chi connectivity index (χ2n) is 7.11. The number of aliphatic hydroxyl groups is 1. The van der Waals surface area contributed by atoms with Crippen LogP contribution in [0.4, 0.5) is 0 Å². The molecule has 4 rings (SSSR count). The van der Waals surface area contributed by atoms with Crippen LogP contribution in [0.2, 0.25) is 0 Å². The molecule has 0 aromatic heterocycles. The minimum absolute atomic E-state index is 0.0397. The SMILES string of the molecule is CCOC(=O)[C@@H]1C(c2ccccc2)=CC2=C(c3ccccc3)OC[C@H]2[C@@H]1CO. The fourth-order valence-electron chi connectivity index (χ4n) is 4.26. The summed E-state index contributed by atoms with van der Waals surface area (Å²) < 4.78 is 11.4. The molecule has 0 unspecified atom stereocenters. The zero-order chi connectivity index (χ0) is 19.5. The van der Waals surface area contributed by atoms with Crippen LogP contribution in [0.3, 0.4) is 0 Å². The van der Waals surface area contributed by atoms with Crippen molar-refractivity contribution in [2.75, 3.05) is 19.8 Å². The minimum Gasteiger partial charge on any atom is -0.492 e. The number of carbonyl (C=O) groups excluding carboxylic acids is 1. The van der Waals surface area contributed by atoms with Gasteiger partial charge in [-0.3, -0.25) is 4.79 Å². The van der Waals surface area contributed by atoms with E-state index in [1.807, 2.05) is 60.7 Å². The largest absolute Gasteiger partial charge is 0.492 e. The topological polar surface area (TPSA) is 55.8 Å². The van der Waals surface area contributed by atoms with E-state index in [1.54, 1.807) is 6.92 Å². The van der Waals surface area contributed by atoms with E-state index >= 15 is 0 Å². The molecule has 0 spiro atoms. The van der Waals surface area contributed by atoms with Gasteiger partial charge < -0.3 is 14.6 Å². The van der Waals surface area contributed by atoms with Crippen molar-refractivity contribution in [3.8, 4) is 0 Å². The third-order valence-corrected chi connectivity index (χ3v) is 5.55. The Morgan fingerprint density at radius 1 is 1.07 bits per heavy atom. The molecule has 4 heteroatoms. The quantitative estimate of drug-likeness (QED) is 0.804. The van der Waals surface area contributed by atoms with Gasteiger partial charge in [0.2, 0.25) is 0 Å². The van der Waals surface area contributed by atoms with Crippen LogP contribution in [0, 0.1) is 17.8 Å². The lowest BCUT2D eigenvalue weighted by Crippen LogP contribution is -2.38. The van der Waals surface area contributed by atoms with Crippen molar-refractivity contribution < 1.29 is 19.4 Å². The predicted octanol–water partition coefficient (Wildman–Crippen LogP) is 3.93. The molecular formula is C24H24O4. The Bertz CT molecular complexity index is 899. The van der Waals surface area contributed by atoms with Gasteiger partial charge in [-0.2, -0.15) is 0 Å². The molecule has 0 saturated carbocycles. The predicted molar refractivity (Wildman–Crippen MR) is 108 cm³/mol. The van der Waals surface area contributed by atoms with Gasteiger partial charge in [-0.05, 0) is 18.1 Å². The van der Waals surface area contributed by atoms with Crippen LogP contribution in [0.5, 0.6) is 0 Å². The van der Waals surface area contributed by atoms with Crippen LogP contribution < -0.4 is 0 Å². The monoisotopic (exact) mass is 376 g/mol. The average Bonchev–Trinajstić information content (AvgIpc) is 3.17. The summed E-state index contributed by atoms with van der Waals surface area (Å²) in [5.41, 5.74) is 3.90. The molecule has 144 valence electrons. The lowest BCUT2D eigenvalue weighted by Gasteiger charge is -2.35. The highest BCUT2D eigenvalue weighted by atomic mass is 16.5. The number of allylic oxidation sites excluding steroid dienone is 1. The Balaban J connectivity index is 1.88. The third kappa shape index (κ3) is 3.25. The van der Waals surface area contributed by atoms with Crippen molar-refractivity contribution in [3.63, 3.8) is 0 Å². The van der Waals surface area contributed by atoms with Crippen LogP contribution in [0.25, 0.3) is 11.3 Å². The van der Waals surface area contributed by atoms with Crippen molar-refractivity contribution in [1.29, 1.82) is 0 Å². The van der Waals surface area contributed by atoms with Gasteiger partial charge in [-0.25, -0.2) is 0 Å². The fourth-order valence-corrected chi connectivity index (χ4v) is 4.26. The number of hydrogen-bond acceptors (Lipinski definition) is 4. The molecular weight excluding hydrogens is 352 g/mol. The van der Waals surface area contributed by atoms with Crippen molar-refractivity contribution in [1.82, 2.24) is 0 Å². The molecule has 2 aromatic rings. The van der Waals surface area contributed by atoms with E-state index < -0.39 is 5.92 Å². The summed E-state index contributed by atoms with van der Waals surface area (Å²) in [5.74, 6) is -0.291. The van der Waals surface area contributed by atoms with Gasteiger partial charge in [-0.1, -0.05) is 66.7 Å². The van der Waals surface area contributed by atoms with Crippen LogP contribution in [-0.4, -0.2) is 30.9 Å². The maximum absolute atomic E-state index is 12.9. The lowest BCUT2D eigenvalue weighted by atomic mass is 9.68. The average molecular weight is 376 g/mol. The number of rotatable bonds is 5. The summed E-state index contributed by atoms with van der Waals surface area (Å²) >= 11 is 0. The molecule has 2 aromatic carbocycles. The van der Waals surface area contributed by atoms with E-state index in [2.05, 4.69) is 6.08 Å². The number of hydrogen-bond donors (Lipinski definition) is 1. The first-order chi connectivity index (χ1) is 13.7. The van der Waals surface area contributed by atoms with E-state index in [-0.39, 0.29) is 24.4 Å². The Kier molecular flexibility index (Phi) is 5.31. The van der Waals surface area contributed by atoms with Gasteiger partial charge in [0, 0.05) is 29.6 Å². The van der Waals surface area contributed by atoms with E-state index in [4.69, 9.17) is 9.47 Å². The van der Waals surface area contributed by atoms with Gasteiger partial charge in [0.25, 0.3) is 0 Å². The second-order valence-corrected chi connectivity index (χ2v) is 7.11. The maximum Gasteiger partial charge on any atom is 0.313 e. The number of esters is 1. The van der Waals surface area contributed by atoms with Crippen molar-refractivity contribution >= 4 is 17.3 Å². The molecule has 3 atom stereocenters. The normalized spacial score (nSPS) is 23.6. The maximum atomic E-state index is 12.9. The molecule has 0 amide bonds. The molecule has 1 aliphatic carbocycles. The molecule has 1 heterocycles. The van der Waals surface area contributed by atoms with Gasteiger partial charge in [0.15, 0.2) is 0 Å². The first kappa shape index (κ1) is 18.5. The molecule has 1 aliphatic heterocycles. The molecule has 0 fully saturated rings. The number of ether oxygens (including phenoxy) is 2. The molecule has 1 N–H and O–H groups in total. The van der Waals surface area contributed by atoms with E-state index in [0.29, 0.717) is 13.2 Å². The van der Waals surface area contributed by atoms with Gasteiger partial charge in [0.1, 0.15) is 5.76 Å². The number of carbonyl (C=O) groups is 1. The summed E-state index contributed by atoms with van der Waals surface area (Å²) in [6.07, 6.45) is 2.07. The summed E-state index contributed by atoms with van der Waals surface area (Å²) in [5, 5.41) is 10.2. The summed E-state index contributed by atoms with van der Waals surface area (Å²) in [7, 11) is 0. The Labute approximate surface area is 165 Å². The molecule has 0 bridgehead atoms. The Morgan fingerprint density at radius 3 is 2.32 bits per heavy atom. The van der Waals surface area contributed by atoms with Gasteiger partial charge >= 0.3 is 5.97 Å². The van der Waals surface area contributed by atoms with Gasteiger partial charge in [-0.15, -0.1) is 0 Å². The van der Waals surface area contributed by atoms with E-state index in [9.17, 15) is 9.90 Å². The first-order valence-electron chi connectivity index (χ1n) is 9.71. The minimum atomic E-state index is -0.514. The number of aliphatic hydroxyl groups excluding tert-OH is 1. The smallest absolute Gasteiger partial charge is 0.313 e. The van der Waals surface area contributed by atoms with Crippen LogP contribution in [0.15, 0.2) is 72.3 Å². The number of fused-ring (bicyclic) bond motifs is 1. The molecule has 0 saturated heterocycles. The van der Waals surface area contributed by atoms with Crippen molar-refractivity contribution in [3.05, 3.63) is 83.4 Å². The van der Waals surface area contributed by atoms with Crippen molar-refractivity contribution in [2.45, 2.75) is 6.92 Å². The molecule has 2 aliphatic rings. The van der Waals surface area contributed by atoms with E-state index in [0.717, 1.165) is 28.0 Å². The zero-order valence-electron chi connectivity index (χ0n) is 15.9. The Hall–Kier alpha value is -2.85. The summed E-state index contributed by atoms with van der Waals surface area (Å²) in [6, 6.07) is 19.8. The standard InChI is InChI=1S/C24H24O4/c1-2-27-24(26)22-18(16-9-5-3-6-10-16)13-19-21(20(22)14-25)15-28-23(19)17-11-7-4-8-12-17/h3-13,20-22,25H,2,14-15H2,1H3/t20-,21+,22+/m0/s1. The molecule has 4 nitrogen and oxygen atoms in total. The van der Waals surface area contributed by atoms with Gasteiger partial charge in [0.05, 0.1) is 19.1 Å². The van der Waals surface area contributed by atoms with Crippen LogP contribution in [0.1, 0.15) is 18.1 Å². The third-order valence-electron chi connectivity index (χ3n) is 5.55. The highest BCUT2D eigenvalue weighted by Gasteiger charge is 2.46. The summed E-state index contributed by atoms with van der Waals surface area (Å²) in [6.45, 7) is 2.47. The molecule has 0 radical (unpaired) electrons. The van der Waals surface area contributed by atoms with Crippen LogP contribution in [-0.2, 0) is 14.3 Å². The zero-order valence-corrected chi connectivity index (χ0v) is 15.9. The van der Waals surface area contributed by atoms with E-state index in [1.165, 1.54) is 0 Å².